The number of aromatic nitrogens is 2. The molecule has 0 aromatic carbocycles. The standard InChI is InChI=1S/C11H17N5O5/c12-7(4-17)10(20)16-8(1-6-2-13-5-15-6)11(21)14-3-9(18)19/h2,5,7-8,17H,1,3-4,12H2,(H,13,15)(H,14,21)(H,16,20)(H,18,19)/t7-,8-/m0/s1. The second-order valence-electron chi connectivity index (χ2n) is 4.24. The van der Waals surface area contributed by atoms with Crippen LogP contribution >= 0.6 is 0 Å². The first-order chi connectivity index (χ1) is 9.93. The van der Waals surface area contributed by atoms with Gasteiger partial charge < -0.3 is 31.6 Å². The van der Waals surface area contributed by atoms with Crippen molar-refractivity contribution in [2.75, 3.05) is 13.2 Å². The molecule has 2 amide bonds. The fraction of sp³-hybridized carbons (Fsp3) is 0.455. The SMILES string of the molecule is N[C@@H](CO)C(=O)N[C@@H](Cc1cnc[nH]1)C(=O)NCC(=O)O. The third kappa shape index (κ3) is 5.58. The summed E-state index contributed by atoms with van der Waals surface area (Å²) in [6.45, 7) is -1.14. The number of amides is 2. The smallest absolute Gasteiger partial charge is 0.322 e. The summed E-state index contributed by atoms with van der Waals surface area (Å²) < 4.78 is 0. The van der Waals surface area contributed by atoms with Crippen molar-refractivity contribution in [3.63, 3.8) is 0 Å². The molecule has 10 nitrogen and oxygen atoms in total. The topological polar surface area (TPSA) is 170 Å². The van der Waals surface area contributed by atoms with Crippen LogP contribution in [-0.4, -0.2) is 63.2 Å². The van der Waals surface area contributed by atoms with Gasteiger partial charge in [-0.15, -0.1) is 0 Å². The Balaban J connectivity index is 2.71. The van der Waals surface area contributed by atoms with Gasteiger partial charge in [-0.1, -0.05) is 0 Å². The molecule has 0 aliphatic rings. The number of nitrogens with zero attached hydrogens (tertiary/aromatic N) is 1. The third-order valence-corrected chi connectivity index (χ3v) is 2.56. The maximum absolute atomic E-state index is 11.9. The minimum absolute atomic E-state index is 0.0787. The molecule has 1 heterocycles. The van der Waals surface area contributed by atoms with Crippen molar-refractivity contribution in [2.45, 2.75) is 18.5 Å². The number of imidazole rings is 1. The summed E-state index contributed by atoms with van der Waals surface area (Å²) in [7, 11) is 0. The molecule has 0 aliphatic heterocycles. The molecular formula is C11H17N5O5. The Morgan fingerprint density at radius 2 is 2.10 bits per heavy atom. The molecule has 10 heteroatoms. The van der Waals surface area contributed by atoms with E-state index in [1.807, 2.05) is 0 Å². The molecular weight excluding hydrogens is 282 g/mol. The number of nitrogens with two attached hydrogens (primary N) is 1. The van der Waals surface area contributed by atoms with E-state index in [9.17, 15) is 14.4 Å². The summed E-state index contributed by atoms with van der Waals surface area (Å²) in [4.78, 5) is 40.5. The lowest BCUT2D eigenvalue weighted by Crippen LogP contribution is -2.53. The second-order valence-corrected chi connectivity index (χ2v) is 4.24. The van der Waals surface area contributed by atoms with E-state index in [0.717, 1.165) is 0 Å². The number of H-pyrrole nitrogens is 1. The quantitative estimate of drug-likeness (QED) is 0.296. The number of carboxylic acids is 1. The minimum atomic E-state index is -1.21. The molecule has 21 heavy (non-hydrogen) atoms. The molecule has 0 unspecified atom stereocenters. The van der Waals surface area contributed by atoms with Crippen LogP contribution in [0.4, 0.5) is 0 Å². The number of hydrogen-bond donors (Lipinski definition) is 6. The van der Waals surface area contributed by atoms with E-state index < -0.39 is 43.0 Å². The summed E-state index contributed by atoms with van der Waals surface area (Å²) in [5.74, 6) is -2.60. The van der Waals surface area contributed by atoms with Gasteiger partial charge in [0.2, 0.25) is 11.8 Å². The molecule has 7 N–H and O–H groups in total. The van der Waals surface area contributed by atoms with Crippen molar-refractivity contribution in [3.05, 3.63) is 18.2 Å². The Morgan fingerprint density at radius 3 is 2.62 bits per heavy atom. The van der Waals surface area contributed by atoms with Crippen molar-refractivity contribution in [2.24, 2.45) is 5.73 Å². The van der Waals surface area contributed by atoms with Gasteiger partial charge in [-0.2, -0.15) is 0 Å². The molecule has 0 fully saturated rings. The van der Waals surface area contributed by atoms with Crippen molar-refractivity contribution >= 4 is 17.8 Å². The highest BCUT2D eigenvalue weighted by molar-refractivity contribution is 5.91. The van der Waals surface area contributed by atoms with E-state index in [-0.39, 0.29) is 6.42 Å². The van der Waals surface area contributed by atoms with E-state index >= 15 is 0 Å². The van der Waals surface area contributed by atoms with E-state index in [2.05, 4.69) is 20.6 Å². The van der Waals surface area contributed by atoms with E-state index in [4.69, 9.17) is 15.9 Å². The van der Waals surface area contributed by atoms with Gasteiger partial charge in [0.05, 0.1) is 12.9 Å². The normalized spacial score (nSPS) is 13.2. The van der Waals surface area contributed by atoms with Crippen LogP contribution in [0.3, 0.4) is 0 Å². The highest BCUT2D eigenvalue weighted by Gasteiger charge is 2.24. The van der Waals surface area contributed by atoms with Crippen molar-refractivity contribution in [3.8, 4) is 0 Å². The van der Waals surface area contributed by atoms with Crippen LogP contribution in [0.15, 0.2) is 12.5 Å². The molecule has 0 saturated heterocycles. The fourth-order valence-electron chi connectivity index (χ4n) is 1.47. The maximum atomic E-state index is 11.9. The number of aromatic amines is 1. The van der Waals surface area contributed by atoms with Crippen LogP contribution in [-0.2, 0) is 20.8 Å². The van der Waals surface area contributed by atoms with Gasteiger partial charge >= 0.3 is 5.97 Å². The zero-order valence-corrected chi connectivity index (χ0v) is 11.1. The highest BCUT2D eigenvalue weighted by atomic mass is 16.4. The lowest BCUT2D eigenvalue weighted by Gasteiger charge is -2.19. The van der Waals surface area contributed by atoms with Crippen LogP contribution in [0.2, 0.25) is 0 Å². The van der Waals surface area contributed by atoms with Gasteiger partial charge in [0.15, 0.2) is 0 Å². The van der Waals surface area contributed by atoms with Crippen LogP contribution in [0.25, 0.3) is 0 Å². The number of hydrogen-bond acceptors (Lipinski definition) is 6. The zero-order chi connectivity index (χ0) is 15.8. The average molecular weight is 299 g/mol. The molecule has 0 bridgehead atoms. The number of aliphatic hydroxyl groups excluding tert-OH is 1. The first-order valence-electron chi connectivity index (χ1n) is 6.07. The lowest BCUT2D eigenvalue weighted by molar-refractivity contribution is -0.138. The van der Waals surface area contributed by atoms with Crippen molar-refractivity contribution in [1.29, 1.82) is 0 Å². The van der Waals surface area contributed by atoms with E-state index in [1.54, 1.807) is 0 Å². The molecule has 1 aromatic heterocycles. The van der Waals surface area contributed by atoms with Crippen LogP contribution in [0.1, 0.15) is 5.69 Å². The summed E-state index contributed by atoms with van der Waals surface area (Å²) in [5.41, 5.74) is 5.93. The minimum Gasteiger partial charge on any atom is -0.480 e. The molecule has 0 radical (unpaired) electrons. The fourth-order valence-corrected chi connectivity index (χ4v) is 1.47. The molecule has 1 aromatic rings. The van der Waals surface area contributed by atoms with Gasteiger partial charge in [-0.3, -0.25) is 14.4 Å². The molecule has 116 valence electrons. The van der Waals surface area contributed by atoms with Gasteiger partial charge in [0, 0.05) is 18.3 Å². The largest absolute Gasteiger partial charge is 0.480 e. The van der Waals surface area contributed by atoms with E-state index in [1.165, 1.54) is 12.5 Å². The number of carbonyl (C=O) groups is 3. The van der Waals surface area contributed by atoms with Gasteiger partial charge in [-0.05, 0) is 0 Å². The summed E-state index contributed by atoms with van der Waals surface area (Å²) >= 11 is 0. The Morgan fingerprint density at radius 1 is 1.38 bits per heavy atom. The summed E-state index contributed by atoms with van der Waals surface area (Å²) in [5, 5.41) is 21.9. The number of rotatable bonds is 8. The van der Waals surface area contributed by atoms with Crippen molar-refractivity contribution in [1.82, 2.24) is 20.6 Å². The molecule has 0 spiro atoms. The van der Waals surface area contributed by atoms with Crippen LogP contribution in [0.5, 0.6) is 0 Å². The zero-order valence-electron chi connectivity index (χ0n) is 11.1. The maximum Gasteiger partial charge on any atom is 0.322 e. The number of carboxylic acid groups (broad SMARTS) is 1. The summed E-state index contributed by atoms with van der Waals surface area (Å²) in [6.07, 6.45) is 2.95. The lowest BCUT2D eigenvalue weighted by atomic mass is 10.1. The molecule has 2 atom stereocenters. The van der Waals surface area contributed by atoms with Crippen molar-refractivity contribution < 1.29 is 24.6 Å². The molecule has 0 saturated carbocycles. The Bertz CT molecular complexity index is 489. The first-order valence-corrected chi connectivity index (χ1v) is 6.07. The van der Waals surface area contributed by atoms with E-state index in [0.29, 0.717) is 5.69 Å². The number of aliphatic carboxylic acids is 1. The number of carbonyl (C=O) groups excluding carboxylic acids is 2. The van der Waals surface area contributed by atoms with Crippen LogP contribution in [0, 0.1) is 0 Å². The summed E-state index contributed by atoms with van der Waals surface area (Å²) in [6, 6.07) is -2.20. The Hall–Kier alpha value is -2.46. The predicted octanol–water partition coefficient (Wildman–Crippen LogP) is -3.04. The Labute approximate surface area is 119 Å². The van der Waals surface area contributed by atoms with Gasteiger partial charge in [0.25, 0.3) is 0 Å². The Kier molecular flexibility index (Phi) is 6.30. The second kappa shape index (κ2) is 7.97. The average Bonchev–Trinajstić information content (AvgIpc) is 2.95. The molecule has 1 rings (SSSR count). The van der Waals surface area contributed by atoms with Gasteiger partial charge in [0.1, 0.15) is 18.6 Å². The molecule has 0 aliphatic carbocycles. The number of aliphatic hydroxyl groups is 1. The first kappa shape index (κ1) is 16.6. The highest BCUT2D eigenvalue weighted by Crippen LogP contribution is 1.99. The third-order valence-electron chi connectivity index (χ3n) is 2.56. The van der Waals surface area contributed by atoms with Crippen LogP contribution < -0.4 is 16.4 Å². The van der Waals surface area contributed by atoms with Gasteiger partial charge in [-0.25, -0.2) is 4.98 Å². The number of nitrogens with one attached hydrogen (secondary N) is 3. The predicted molar refractivity (Wildman–Crippen MR) is 69.9 cm³/mol. The monoisotopic (exact) mass is 299 g/mol.